The number of carbonyl (C=O) groups excluding carboxylic acids is 1. The lowest BCUT2D eigenvalue weighted by molar-refractivity contribution is -0.141. The van der Waals surface area contributed by atoms with Gasteiger partial charge in [-0.15, -0.1) is 11.8 Å². The van der Waals surface area contributed by atoms with Gasteiger partial charge < -0.3 is 4.90 Å². The van der Waals surface area contributed by atoms with Crippen molar-refractivity contribution in [3.05, 3.63) is 24.0 Å². The Morgan fingerprint density at radius 3 is 2.75 bits per heavy atom. The van der Waals surface area contributed by atoms with Crippen LogP contribution in [0.25, 0.3) is 0 Å². The maximum Gasteiger partial charge on any atom is 0.433 e. The molecule has 0 aliphatic carbocycles. The third-order valence-corrected chi connectivity index (χ3v) is 2.98. The number of alkyl halides is 3. The molecule has 1 aliphatic heterocycles. The van der Waals surface area contributed by atoms with Gasteiger partial charge in [-0.3, -0.25) is 9.78 Å². The fraction of sp³-hybridized carbons (Fsp3) is 0.333. The average Bonchev–Trinajstić information content (AvgIpc) is 2.63. The van der Waals surface area contributed by atoms with Crippen molar-refractivity contribution in [2.75, 3.05) is 16.5 Å². The Hall–Kier alpha value is -1.24. The van der Waals surface area contributed by atoms with E-state index in [0.29, 0.717) is 11.6 Å². The Kier molecular flexibility index (Phi) is 2.79. The molecule has 0 saturated carbocycles. The minimum absolute atomic E-state index is 0.177. The molecule has 1 amide bonds. The van der Waals surface area contributed by atoms with Crippen LogP contribution in [0.4, 0.5) is 18.9 Å². The summed E-state index contributed by atoms with van der Waals surface area (Å²) in [6.45, 7) is 0. The zero-order valence-corrected chi connectivity index (χ0v) is 8.81. The molecule has 7 heteroatoms. The van der Waals surface area contributed by atoms with Crippen molar-refractivity contribution in [3.8, 4) is 0 Å². The molecule has 0 spiro atoms. The molecular formula is C9H7F3N2OS. The van der Waals surface area contributed by atoms with Gasteiger partial charge in [0.25, 0.3) is 0 Å². The van der Waals surface area contributed by atoms with Crippen LogP contribution in [0.2, 0.25) is 0 Å². The molecule has 1 fully saturated rings. The molecule has 2 rings (SSSR count). The monoisotopic (exact) mass is 248 g/mol. The number of hydrogen-bond donors (Lipinski definition) is 0. The Labute approximate surface area is 93.6 Å². The first-order chi connectivity index (χ1) is 7.48. The minimum atomic E-state index is -4.48. The Morgan fingerprint density at radius 2 is 2.19 bits per heavy atom. The van der Waals surface area contributed by atoms with Crippen LogP contribution >= 0.6 is 11.8 Å². The highest BCUT2D eigenvalue weighted by atomic mass is 32.2. The largest absolute Gasteiger partial charge is 0.433 e. The maximum absolute atomic E-state index is 12.4. The molecule has 1 aliphatic rings. The van der Waals surface area contributed by atoms with Crippen molar-refractivity contribution in [2.24, 2.45) is 0 Å². The fourth-order valence-electron chi connectivity index (χ4n) is 1.33. The molecule has 0 atom stereocenters. The summed E-state index contributed by atoms with van der Waals surface area (Å²) in [6, 6.07) is 2.29. The summed E-state index contributed by atoms with van der Waals surface area (Å²) in [5.41, 5.74) is -0.730. The molecule has 0 bridgehead atoms. The van der Waals surface area contributed by atoms with Gasteiger partial charge in [0, 0.05) is 11.9 Å². The van der Waals surface area contributed by atoms with Crippen LogP contribution in [0.3, 0.4) is 0 Å². The lowest BCUT2D eigenvalue weighted by Crippen LogP contribution is -2.25. The van der Waals surface area contributed by atoms with E-state index in [2.05, 4.69) is 4.98 Å². The first kappa shape index (κ1) is 11.3. The summed E-state index contributed by atoms with van der Waals surface area (Å²) in [4.78, 5) is 15.9. The van der Waals surface area contributed by atoms with Crippen molar-refractivity contribution in [1.29, 1.82) is 0 Å². The van der Waals surface area contributed by atoms with Crippen molar-refractivity contribution >= 4 is 23.4 Å². The van der Waals surface area contributed by atoms with Crippen LogP contribution in [0.15, 0.2) is 18.3 Å². The second-order valence-corrected chi connectivity index (χ2v) is 4.15. The normalized spacial score (nSPS) is 16.9. The molecule has 2 heterocycles. The molecule has 16 heavy (non-hydrogen) atoms. The van der Waals surface area contributed by atoms with E-state index < -0.39 is 11.9 Å². The summed E-state index contributed by atoms with van der Waals surface area (Å²) in [5.74, 6) is 0.522. The van der Waals surface area contributed by atoms with Crippen LogP contribution in [0.5, 0.6) is 0 Å². The molecule has 1 saturated heterocycles. The first-order valence-electron chi connectivity index (χ1n) is 4.40. The van der Waals surface area contributed by atoms with E-state index in [9.17, 15) is 18.0 Å². The van der Waals surface area contributed by atoms with Crippen LogP contribution in [-0.2, 0) is 11.0 Å². The van der Waals surface area contributed by atoms with Crippen molar-refractivity contribution in [1.82, 2.24) is 4.98 Å². The number of hydrogen-bond acceptors (Lipinski definition) is 3. The molecule has 1 aromatic rings. The van der Waals surface area contributed by atoms with Crippen LogP contribution in [0, 0.1) is 0 Å². The van der Waals surface area contributed by atoms with Gasteiger partial charge in [-0.2, -0.15) is 13.2 Å². The SMILES string of the molecule is O=C1CSCN1c1ccnc(C(F)(F)F)c1. The summed E-state index contributed by atoms with van der Waals surface area (Å²) in [7, 11) is 0. The van der Waals surface area contributed by atoms with E-state index in [1.807, 2.05) is 0 Å². The summed E-state index contributed by atoms with van der Waals surface area (Å²) in [5, 5.41) is 0. The number of nitrogens with zero attached hydrogens (tertiary/aromatic N) is 2. The molecular weight excluding hydrogens is 241 g/mol. The lowest BCUT2D eigenvalue weighted by atomic mass is 10.3. The maximum atomic E-state index is 12.4. The van der Waals surface area contributed by atoms with Gasteiger partial charge in [0.15, 0.2) is 0 Å². The predicted molar refractivity (Wildman–Crippen MR) is 54.1 cm³/mol. The van der Waals surface area contributed by atoms with E-state index >= 15 is 0 Å². The van der Waals surface area contributed by atoms with Gasteiger partial charge in [0.1, 0.15) is 5.69 Å². The molecule has 0 aromatic carbocycles. The summed E-state index contributed by atoms with van der Waals surface area (Å²) in [6.07, 6.45) is -3.42. The van der Waals surface area contributed by atoms with Crippen LogP contribution in [-0.4, -0.2) is 22.5 Å². The average molecular weight is 248 g/mol. The summed E-state index contributed by atoms with van der Waals surface area (Å²) >= 11 is 1.37. The van der Waals surface area contributed by atoms with Gasteiger partial charge in [0.05, 0.1) is 11.6 Å². The Morgan fingerprint density at radius 1 is 1.44 bits per heavy atom. The van der Waals surface area contributed by atoms with E-state index in [1.165, 1.54) is 22.7 Å². The number of amides is 1. The highest BCUT2D eigenvalue weighted by Gasteiger charge is 2.33. The second-order valence-electron chi connectivity index (χ2n) is 3.20. The van der Waals surface area contributed by atoms with E-state index in [0.717, 1.165) is 12.3 Å². The standard InChI is InChI=1S/C9H7F3N2OS/c10-9(11,12)7-3-6(1-2-13-7)14-5-16-4-8(14)15/h1-3H,4-5H2. The number of anilines is 1. The van der Waals surface area contributed by atoms with Gasteiger partial charge in [-0.1, -0.05) is 0 Å². The van der Waals surface area contributed by atoms with Crippen LogP contribution < -0.4 is 4.90 Å². The molecule has 3 nitrogen and oxygen atoms in total. The van der Waals surface area contributed by atoms with E-state index in [-0.39, 0.29) is 11.6 Å². The topological polar surface area (TPSA) is 33.2 Å². The number of halogens is 3. The van der Waals surface area contributed by atoms with Crippen LogP contribution in [0.1, 0.15) is 5.69 Å². The third-order valence-electron chi connectivity index (χ3n) is 2.09. The zero-order valence-electron chi connectivity index (χ0n) is 7.99. The van der Waals surface area contributed by atoms with Crippen molar-refractivity contribution in [3.63, 3.8) is 0 Å². The van der Waals surface area contributed by atoms with Gasteiger partial charge in [-0.05, 0) is 12.1 Å². The Balaban J connectivity index is 2.32. The van der Waals surface area contributed by atoms with E-state index in [1.54, 1.807) is 0 Å². The van der Waals surface area contributed by atoms with E-state index in [4.69, 9.17) is 0 Å². The Bertz CT molecular complexity index is 421. The number of aromatic nitrogens is 1. The zero-order chi connectivity index (χ0) is 11.8. The highest BCUT2D eigenvalue weighted by Crippen LogP contribution is 2.31. The number of thioether (sulfide) groups is 1. The lowest BCUT2D eigenvalue weighted by Gasteiger charge is -2.15. The molecule has 0 radical (unpaired) electrons. The smallest absolute Gasteiger partial charge is 0.302 e. The number of carbonyl (C=O) groups is 1. The summed E-state index contributed by atoms with van der Waals surface area (Å²) < 4.78 is 37.1. The predicted octanol–water partition coefficient (Wildman–Crippen LogP) is 2.14. The van der Waals surface area contributed by atoms with Crippen molar-refractivity contribution in [2.45, 2.75) is 6.18 Å². The molecule has 1 aromatic heterocycles. The molecule has 0 unspecified atom stereocenters. The first-order valence-corrected chi connectivity index (χ1v) is 5.55. The van der Waals surface area contributed by atoms with Gasteiger partial charge in [0.2, 0.25) is 5.91 Å². The second kappa shape index (κ2) is 3.97. The van der Waals surface area contributed by atoms with Gasteiger partial charge >= 0.3 is 6.18 Å². The minimum Gasteiger partial charge on any atom is -0.302 e. The quantitative estimate of drug-likeness (QED) is 0.763. The number of pyridine rings is 1. The van der Waals surface area contributed by atoms with Crippen molar-refractivity contribution < 1.29 is 18.0 Å². The number of rotatable bonds is 1. The molecule has 0 N–H and O–H groups in total. The molecule has 86 valence electrons. The van der Waals surface area contributed by atoms with Gasteiger partial charge in [-0.25, -0.2) is 0 Å². The highest BCUT2D eigenvalue weighted by molar-refractivity contribution is 8.00. The fourth-order valence-corrected chi connectivity index (χ4v) is 2.23. The third kappa shape index (κ3) is 2.13.